The monoisotopic (exact) mass is 386 g/mol. The van der Waals surface area contributed by atoms with E-state index in [1.807, 2.05) is 69.3 Å². The molecule has 5 nitrogen and oxygen atoms in total. The van der Waals surface area contributed by atoms with E-state index in [0.717, 1.165) is 27.6 Å². The molecule has 1 atom stereocenters. The number of nitrogens with one attached hydrogen (secondary N) is 1. The molecule has 2 amide bonds. The second-order valence-electron chi connectivity index (χ2n) is 7.13. The summed E-state index contributed by atoms with van der Waals surface area (Å²) in [7, 11) is 0. The summed E-state index contributed by atoms with van der Waals surface area (Å²) in [5.41, 5.74) is 3.44. The van der Waals surface area contributed by atoms with Gasteiger partial charge in [0, 0.05) is 17.2 Å². The Morgan fingerprint density at radius 1 is 1.17 bits per heavy atom. The molecule has 0 aromatic heterocycles. The van der Waals surface area contributed by atoms with Gasteiger partial charge in [0.25, 0.3) is 11.8 Å². The predicted octanol–water partition coefficient (Wildman–Crippen LogP) is 4.36. The fourth-order valence-electron chi connectivity index (χ4n) is 3.71. The quantitative estimate of drug-likeness (QED) is 0.852. The third-order valence-corrected chi connectivity index (χ3v) is 5.39. The van der Waals surface area contributed by atoms with Crippen molar-refractivity contribution in [2.24, 2.45) is 10.9 Å². The fraction of sp³-hybridized carbons (Fsp3) is 0.208. The molecule has 29 heavy (non-hydrogen) atoms. The van der Waals surface area contributed by atoms with E-state index < -0.39 is 0 Å². The summed E-state index contributed by atoms with van der Waals surface area (Å²) in [6, 6.07) is 11.4. The third kappa shape index (κ3) is 3.40. The van der Waals surface area contributed by atoms with Crippen molar-refractivity contribution < 1.29 is 14.3 Å². The lowest BCUT2D eigenvalue weighted by molar-refractivity contribution is -0.117. The maximum atomic E-state index is 13.1. The Hall–Kier alpha value is -3.47. The zero-order valence-corrected chi connectivity index (χ0v) is 16.7. The normalized spacial score (nSPS) is 19.8. The van der Waals surface area contributed by atoms with Gasteiger partial charge in [0.05, 0.1) is 17.9 Å². The molecule has 1 unspecified atom stereocenters. The minimum absolute atomic E-state index is 0.0123. The van der Waals surface area contributed by atoms with Gasteiger partial charge < -0.3 is 10.1 Å². The summed E-state index contributed by atoms with van der Waals surface area (Å²) in [4.78, 5) is 29.6. The van der Waals surface area contributed by atoms with Crippen molar-refractivity contribution in [3.63, 3.8) is 0 Å². The van der Waals surface area contributed by atoms with Gasteiger partial charge in [0.1, 0.15) is 5.75 Å². The number of ether oxygens (including phenoxy) is 1. The minimum atomic E-state index is -0.370. The summed E-state index contributed by atoms with van der Waals surface area (Å²) < 4.78 is 5.69. The zero-order valence-electron chi connectivity index (χ0n) is 16.7. The topological polar surface area (TPSA) is 67.8 Å². The number of hydrogen-bond acceptors (Lipinski definition) is 3. The second-order valence-corrected chi connectivity index (χ2v) is 7.13. The van der Waals surface area contributed by atoms with Gasteiger partial charge in [0.2, 0.25) is 0 Å². The first-order valence-electron chi connectivity index (χ1n) is 9.65. The maximum absolute atomic E-state index is 13.1. The number of allylic oxidation sites excluding steroid dienone is 3. The lowest BCUT2D eigenvalue weighted by Gasteiger charge is -2.28. The van der Waals surface area contributed by atoms with Crippen molar-refractivity contribution in [2.75, 3.05) is 6.61 Å². The first-order chi connectivity index (χ1) is 14.0. The van der Waals surface area contributed by atoms with Crippen LogP contribution in [0.2, 0.25) is 0 Å². The molecule has 1 aliphatic heterocycles. The van der Waals surface area contributed by atoms with Gasteiger partial charge >= 0.3 is 0 Å². The van der Waals surface area contributed by atoms with Crippen LogP contribution in [0.3, 0.4) is 0 Å². The average molecular weight is 386 g/mol. The van der Waals surface area contributed by atoms with Crippen LogP contribution in [0.25, 0.3) is 10.8 Å². The standard InChI is InChI=1S/C24H22N2O3/c1-4-29-21-12-9-16-7-5-6-8-19(16)22(21)24(28)25-17-10-11-18-14(2)15(3)23(27)26-20(18)13-17/h5-13,18H,4H2,1-3H3,(H,26,27). The summed E-state index contributed by atoms with van der Waals surface area (Å²) in [5.74, 6) is 0.0500. The van der Waals surface area contributed by atoms with Crippen LogP contribution in [0.15, 0.2) is 76.5 Å². The molecule has 1 aliphatic carbocycles. The van der Waals surface area contributed by atoms with E-state index in [1.54, 1.807) is 6.08 Å². The summed E-state index contributed by atoms with van der Waals surface area (Å²) >= 11 is 0. The van der Waals surface area contributed by atoms with Crippen molar-refractivity contribution in [1.29, 1.82) is 0 Å². The number of benzene rings is 2. The Morgan fingerprint density at radius 3 is 2.76 bits per heavy atom. The molecule has 5 heteroatoms. The van der Waals surface area contributed by atoms with Crippen LogP contribution in [0.1, 0.15) is 31.1 Å². The molecule has 1 N–H and O–H groups in total. The SMILES string of the molecule is CCOc1ccc2ccccc2c1C(=O)N=C1C=CC2C(=C1)NC(=O)C(C)=C2C. The van der Waals surface area contributed by atoms with Crippen molar-refractivity contribution in [2.45, 2.75) is 20.8 Å². The number of nitrogens with zero attached hydrogens (tertiary/aromatic N) is 1. The Balaban J connectivity index is 1.75. The molecule has 0 fully saturated rings. The number of hydrogen-bond donors (Lipinski definition) is 1. The van der Waals surface area contributed by atoms with Crippen LogP contribution in [0, 0.1) is 5.92 Å². The Bertz CT molecular complexity index is 1150. The van der Waals surface area contributed by atoms with E-state index in [2.05, 4.69) is 10.3 Å². The molecular formula is C24H22N2O3. The van der Waals surface area contributed by atoms with Crippen molar-refractivity contribution in [3.05, 3.63) is 77.0 Å². The van der Waals surface area contributed by atoms with Gasteiger partial charge in [-0.1, -0.05) is 42.0 Å². The highest BCUT2D eigenvalue weighted by molar-refractivity contribution is 6.18. The molecule has 2 aromatic carbocycles. The molecule has 4 rings (SSSR count). The predicted molar refractivity (Wildman–Crippen MR) is 114 cm³/mol. The molecule has 146 valence electrons. The highest BCUT2D eigenvalue weighted by Gasteiger charge is 2.28. The third-order valence-electron chi connectivity index (χ3n) is 5.39. The van der Waals surface area contributed by atoms with Crippen molar-refractivity contribution in [3.8, 4) is 5.75 Å². The molecule has 0 radical (unpaired) electrons. The Kier molecular flexibility index (Phi) is 4.89. The lowest BCUT2D eigenvalue weighted by atomic mass is 9.85. The Labute approximate surface area is 169 Å². The van der Waals surface area contributed by atoms with Gasteiger partial charge in [-0.05, 0) is 49.8 Å². The largest absolute Gasteiger partial charge is 0.493 e. The molecular weight excluding hydrogens is 364 g/mol. The van der Waals surface area contributed by atoms with Crippen LogP contribution in [0.4, 0.5) is 0 Å². The minimum Gasteiger partial charge on any atom is -0.493 e. The molecule has 2 aliphatic rings. The fourth-order valence-corrected chi connectivity index (χ4v) is 3.71. The molecule has 2 aromatic rings. The molecule has 0 saturated heterocycles. The molecule has 0 spiro atoms. The molecule has 0 saturated carbocycles. The first-order valence-corrected chi connectivity index (χ1v) is 9.65. The number of aliphatic imine (C=N–C) groups is 1. The van der Waals surface area contributed by atoms with Gasteiger partial charge in [-0.2, -0.15) is 0 Å². The van der Waals surface area contributed by atoms with E-state index in [1.165, 1.54) is 0 Å². The smallest absolute Gasteiger partial charge is 0.281 e. The van der Waals surface area contributed by atoms with Gasteiger partial charge in [0.15, 0.2) is 0 Å². The van der Waals surface area contributed by atoms with Gasteiger partial charge in [-0.15, -0.1) is 0 Å². The van der Waals surface area contributed by atoms with E-state index in [9.17, 15) is 9.59 Å². The average Bonchev–Trinajstić information content (AvgIpc) is 2.72. The van der Waals surface area contributed by atoms with Gasteiger partial charge in [-0.25, -0.2) is 4.99 Å². The van der Waals surface area contributed by atoms with E-state index in [0.29, 0.717) is 23.6 Å². The van der Waals surface area contributed by atoms with Crippen LogP contribution in [-0.4, -0.2) is 24.1 Å². The lowest BCUT2D eigenvalue weighted by Crippen LogP contribution is -2.35. The summed E-state index contributed by atoms with van der Waals surface area (Å²) in [5, 5.41) is 4.65. The van der Waals surface area contributed by atoms with Crippen LogP contribution < -0.4 is 10.1 Å². The van der Waals surface area contributed by atoms with E-state index in [4.69, 9.17) is 4.74 Å². The van der Waals surface area contributed by atoms with Crippen LogP contribution in [0.5, 0.6) is 5.75 Å². The number of fused-ring (bicyclic) bond motifs is 2. The molecule has 1 heterocycles. The number of carbonyl (C=O) groups excluding carboxylic acids is 2. The number of carbonyl (C=O) groups is 2. The maximum Gasteiger partial charge on any atom is 0.281 e. The summed E-state index contributed by atoms with van der Waals surface area (Å²) in [6.45, 7) is 6.11. The van der Waals surface area contributed by atoms with E-state index >= 15 is 0 Å². The van der Waals surface area contributed by atoms with Crippen LogP contribution >= 0.6 is 0 Å². The second kappa shape index (κ2) is 7.51. The van der Waals surface area contributed by atoms with Gasteiger partial charge in [-0.3, -0.25) is 9.59 Å². The van der Waals surface area contributed by atoms with Crippen molar-refractivity contribution in [1.82, 2.24) is 5.32 Å². The first kappa shape index (κ1) is 18.9. The van der Waals surface area contributed by atoms with Crippen LogP contribution in [-0.2, 0) is 4.79 Å². The van der Waals surface area contributed by atoms with E-state index in [-0.39, 0.29) is 17.7 Å². The van der Waals surface area contributed by atoms with Crippen molar-refractivity contribution >= 4 is 28.3 Å². The zero-order chi connectivity index (χ0) is 20.5. The Morgan fingerprint density at radius 2 is 1.97 bits per heavy atom. The molecule has 0 bridgehead atoms. The number of rotatable bonds is 3. The number of amides is 2. The summed E-state index contributed by atoms with van der Waals surface area (Å²) in [6.07, 6.45) is 5.56. The highest BCUT2D eigenvalue weighted by Crippen LogP contribution is 2.31. The highest BCUT2D eigenvalue weighted by atomic mass is 16.5.